The molecule has 0 N–H and O–H groups in total. The number of thiophene rings is 1. The number of rotatable bonds is 0. The number of thiol groups is 1. The molecule has 18 heavy (non-hydrogen) atoms. The van der Waals surface area contributed by atoms with Crippen molar-refractivity contribution in [3.63, 3.8) is 0 Å². The molecule has 92 valence electrons. The van der Waals surface area contributed by atoms with Gasteiger partial charge in [-0.1, -0.05) is 41.4 Å². The van der Waals surface area contributed by atoms with Crippen molar-refractivity contribution in [2.45, 2.75) is 4.90 Å². The lowest BCUT2D eigenvalue weighted by molar-refractivity contribution is 1.48. The molecule has 0 aliphatic rings. The minimum Gasteiger partial charge on any atom is -0.144 e. The molecule has 0 unspecified atom stereocenters. The maximum Gasteiger partial charge on any atom is 0.0539 e. The molecular formula is C14H10Cl2S2. The highest BCUT2D eigenvalue weighted by Crippen LogP contribution is 2.26. The molecule has 0 nitrogen and oxygen atoms in total. The van der Waals surface area contributed by atoms with E-state index < -0.39 is 0 Å². The van der Waals surface area contributed by atoms with Gasteiger partial charge in [-0.25, -0.2) is 0 Å². The molecule has 2 aromatic carbocycles. The average Bonchev–Trinajstić information content (AvgIpc) is 2.84. The summed E-state index contributed by atoms with van der Waals surface area (Å²) in [5.74, 6) is 0. The van der Waals surface area contributed by atoms with E-state index in [0.29, 0.717) is 5.02 Å². The standard InChI is InChI=1S/C8H5ClS.C6H5ClS/c9-7-2-1-3-8-6(7)4-5-10-8;7-5-3-1-2-4-6(5)8/h1-5H;1-4,8H. The Bertz CT molecular complexity index is 626. The van der Waals surface area contributed by atoms with Gasteiger partial charge in [-0.05, 0) is 35.7 Å². The molecular weight excluding hydrogens is 303 g/mol. The summed E-state index contributed by atoms with van der Waals surface area (Å²) in [6, 6.07) is 15.4. The van der Waals surface area contributed by atoms with E-state index in [1.807, 2.05) is 42.5 Å². The van der Waals surface area contributed by atoms with Gasteiger partial charge in [-0.3, -0.25) is 0 Å². The van der Waals surface area contributed by atoms with Crippen LogP contribution in [0, 0.1) is 0 Å². The predicted octanol–water partition coefficient (Wildman–Crippen LogP) is 6.18. The van der Waals surface area contributed by atoms with Gasteiger partial charge in [0.1, 0.15) is 0 Å². The third-order valence-corrected chi connectivity index (χ3v) is 4.36. The van der Waals surface area contributed by atoms with Crippen LogP contribution in [0.1, 0.15) is 0 Å². The van der Waals surface area contributed by atoms with Gasteiger partial charge in [0, 0.05) is 20.0 Å². The van der Waals surface area contributed by atoms with Gasteiger partial charge in [0.15, 0.2) is 0 Å². The van der Waals surface area contributed by atoms with Crippen LogP contribution in [0.3, 0.4) is 0 Å². The second kappa shape index (κ2) is 6.48. The Balaban J connectivity index is 0.000000138. The quantitative estimate of drug-likeness (QED) is 0.470. The number of hydrogen-bond acceptors (Lipinski definition) is 2. The molecule has 0 atom stereocenters. The molecule has 0 radical (unpaired) electrons. The first kappa shape index (κ1) is 13.8. The highest BCUT2D eigenvalue weighted by molar-refractivity contribution is 7.80. The van der Waals surface area contributed by atoms with Crippen LogP contribution in [-0.4, -0.2) is 0 Å². The van der Waals surface area contributed by atoms with Gasteiger partial charge in [0.05, 0.1) is 5.02 Å². The number of halogens is 2. The molecule has 0 fully saturated rings. The van der Waals surface area contributed by atoms with Crippen molar-refractivity contribution in [1.82, 2.24) is 0 Å². The van der Waals surface area contributed by atoms with Crippen LogP contribution in [0.5, 0.6) is 0 Å². The fourth-order valence-electron chi connectivity index (χ4n) is 1.41. The molecule has 1 aromatic heterocycles. The Labute approximate surface area is 126 Å². The Morgan fingerprint density at radius 2 is 1.56 bits per heavy atom. The fraction of sp³-hybridized carbons (Fsp3) is 0. The van der Waals surface area contributed by atoms with E-state index in [1.54, 1.807) is 11.3 Å². The van der Waals surface area contributed by atoms with Gasteiger partial charge >= 0.3 is 0 Å². The summed E-state index contributed by atoms with van der Waals surface area (Å²) in [7, 11) is 0. The van der Waals surface area contributed by atoms with Crippen molar-refractivity contribution in [2.75, 3.05) is 0 Å². The zero-order valence-electron chi connectivity index (χ0n) is 9.31. The fourth-order valence-corrected chi connectivity index (χ4v) is 2.81. The minimum absolute atomic E-state index is 0.704. The Hall–Kier alpha value is -0.670. The first-order chi connectivity index (χ1) is 8.68. The Morgan fingerprint density at radius 1 is 0.833 bits per heavy atom. The highest BCUT2D eigenvalue weighted by atomic mass is 35.5. The highest BCUT2D eigenvalue weighted by Gasteiger charge is 1.96. The lowest BCUT2D eigenvalue weighted by Crippen LogP contribution is -1.63. The van der Waals surface area contributed by atoms with Crippen LogP contribution in [0.25, 0.3) is 10.1 Å². The number of hydrogen-bond donors (Lipinski definition) is 1. The van der Waals surface area contributed by atoms with Crippen molar-refractivity contribution >= 4 is 57.3 Å². The first-order valence-corrected chi connectivity index (χ1v) is 7.32. The van der Waals surface area contributed by atoms with Crippen molar-refractivity contribution in [1.29, 1.82) is 0 Å². The van der Waals surface area contributed by atoms with Crippen molar-refractivity contribution in [3.05, 3.63) is 64.0 Å². The lowest BCUT2D eigenvalue weighted by Gasteiger charge is -1.90. The topological polar surface area (TPSA) is 0 Å². The molecule has 3 aromatic rings. The van der Waals surface area contributed by atoms with Crippen molar-refractivity contribution in [2.24, 2.45) is 0 Å². The Kier molecular flexibility index (Phi) is 4.95. The maximum absolute atomic E-state index is 5.91. The molecule has 0 aliphatic carbocycles. The van der Waals surface area contributed by atoms with Gasteiger partial charge in [-0.15, -0.1) is 24.0 Å². The molecule has 3 rings (SSSR count). The summed E-state index contributed by atoms with van der Waals surface area (Å²) in [5.41, 5.74) is 0. The first-order valence-electron chi connectivity index (χ1n) is 5.23. The van der Waals surface area contributed by atoms with E-state index >= 15 is 0 Å². The van der Waals surface area contributed by atoms with Crippen LogP contribution in [0.15, 0.2) is 58.8 Å². The zero-order valence-corrected chi connectivity index (χ0v) is 12.5. The molecule has 0 saturated heterocycles. The van der Waals surface area contributed by atoms with E-state index in [1.165, 1.54) is 4.70 Å². The number of fused-ring (bicyclic) bond motifs is 1. The number of benzene rings is 2. The van der Waals surface area contributed by atoms with Gasteiger partial charge in [0.2, 0.25) is 0 Å². The van der Waals surface area contributed by atoms with Crippen LogP contribution in [0.2, 0.25) is 10.0 Å². The molecule has 1 heterocycles. The molecule has 0 bridgehead atoms. The summed E-state index contributed by atoms with van der Waals surface area (Å²) < 4.78 is 1.26. The molecule has 0 amide bonds. The van der Waals surface area contributed by atoms with E-state index in [0.717, 1.165) is 15.3 Å². The molecule has 0 saturated carbocycles. The lowest BCUT2D eigenvalue weighted by atomic mass is 10.3. The van der Waals surface area contributed by atoms with E-state index in [-0.39, 0.29) is 0 Å². The van der Waals surface area contributed by atoms with Gasteiger partial charge in [-0.2, -0.15) is 0 Å². The van der Waals surface area contributed by atoms with Crippen molar-refractivity contribution < 1.29 is 0 Å². The Morgan fingerprint density at radius 3 is 2.17 bits per heavy atom. The van der Waals surface area contributed by atoms with Crippen LogP contribution in [0.4, 0.5) is 0 Å². The van der Waals surface area contributed by atoms with Crippen LogP contribution in [-0.2, 0) is 0 Å². The maximum atomic E-state index is 5.91. The molecule has 4 heteroatoms. The summed E-state index contributed by atoms with van der Waals surface area (Å²) in [6.07, 6.45) is 0. The summed E-state index contributed by atoms with van der Waals surface area (Å²) in [5, 5.41) is 4.76. The van der Waals surface area contributed by atoms with E-state index in [2.05, 4.69) is 24.1 Å². The minimum atomic E-state index is 0.704. The largest absolute Gasteiger partial charge is 0.144 e. The molecule has 0 aliphatic heterocycles. The van der Waals surface area contributed by atoms with Crippen LogP contribution >= 0.6 is 47.2 Å². The third-order valence-electron chi connectivity index (χ3n) is 2.30. The summed E-state index contributed by atoms with van der Waals surface area (Å²) in [6.45, 7) is 0. The predicted molar refractivity (Wildman–Crippen MR) is 85.5 cm³/mol. The second-order valence-electron chi connectivity index (χ2n) is 3.52. The second-order valence-corrected chi connectivity index (χ2v) is 5.77. The smallest absolute Gasteiger partial charge is 0.0539 e. The summed E-state index contributed by atoms with van der Waals surface area (Å²) in [4.78, 5) is 0.828. The summed E-state index contributed by atoms with van der Waals surface area (Å²) >= 11 is 17.3. The van der Waals surface area contributed by atoms with E-state index in [4.69, 9.17) is 23.2 Å². The molecule has 0 spiro atoms. The van der Waals surface area contributed by atoms with Gasteiger partial charge in [0.25, 0.3) is 0 Å². The van der Waals surface area contributed by atoms with E-state index in [9.17, 15) is 0 Å². The zero-order chi connectivity index (χ0) is 13.0. The third kappa shape index (κ3) is 3.42. The van der Waals surface area contributed by atoms with Crippen molar-refractivity contribution in [3.8, 4) is 0 Å². The van der Waals surface area contributed by atoms with Crippen LogP contribution < -0.4 is 0 Å². The van der Waals surface area contributed by atoms with Gasteiger partial charge < -0.3 is 0 Å². The SMILES string of the molecule is Clc1cccc2sccc12.Sc1ccccc1Cl. The normalized spacial score (nSPS) is 9.94. The average molecular weight is 313 g/mol. The monoisotopic (exact) mass is 312 g/mol.